The van der Waals surface area contributed by atoms with Crippen molar-refractivity contribution in [3.05, 3.63) is 29.3 Å². The molecule has 1 aromatic carbocycles. The molecule has 1 aliphatic carbocycles. The van der Waals surface area contributed by atoms with Gasteiger partial charge in [-0.2, -0.15) is 13.2 Å². The van der Waals surface area contributed by atoms with Gasteiger partial charge in [0.05, 0.1) is 11.6 Å². The molecule has 0 unspecified atom stereocenters. The molecule has 1 heterocycles. The molecule has 0 radical (unpaired) electrons. The third-order valence-electron chi connectivity index (χ3n) is 3.14. The summed E-state index contributed by atoms with van der Waals surface area (Å²) in [5, 5.41) is 3.36. The topological polar surface area (TPSA) is 21.3 Å². The maximum atomic E-state index is 12.5. The number of fused-ring (bicyclic) bond motifs is 1. The molecule has 1 aromatic rings. The van der Waals surface area contributed by atoms with E-state index in [1.165, 1.54) is 6.07 Å². The van der Waals surface area contributed by atoms with E-state index in [4.69, 9.17) is 4.74 Å². The SMILES string of the molecule is FC(F)(F)c1ccc2c(c1)OC[C@@H]2NC1CC1. The fourth-order valence-corrected chi connectivity index (χ4v) is 2.06. The number of hydrogen-bond acceptors (Lipinski definition) is 2. The van der Waals surface area contributed by atoms with Crippen LogP contribution in [0.15, 0.2) is 18.2 Å². The van der Waals surface area contributed by atoms with Crippen LogP contribution in [0, 0.1) is 0 Å². The molecule has 3 rings (SSSR count). The van der Waals surface area contributed by atoms with Crippen molar-refractivity contribution in [3.63, 3.8) is 0 Å². The zero-order chi connectivity index (χ0) is 12.0. The molecule has 1 aliphatic heterocycles. The smallest absolute Gasteiger partial charge is 0.416 e. The van der Waals surface area contributed by atoms with E-state index in [-0.39, 0.29) is 6.04 Å². The van der Waals surface area contributed by atoms with E-state index < -0.39 is 11.7 Å². The van der Waals surface area contributed by atoms with Gasteiger partial charge in [0.1, 0.15) is 12.4 Å². The molecule has 2 nitrogen and oxygen atoms in total. The highest BCUT2D eigenvalue weighted by molar-refractivity contribution is 5.43. The van der Waals surface area contributed by atoms with Gasteiger partial charge >= 0.3 is 6.18 Å². The minimum atomic E-state index is -4.31. The lowest BCUT2D eigenvalue weighted by molar-refractivity contribution is -0.137. The molecule has 0 saturated heterocycles. The highest BCUT2D eigenvalue weighted by Crippen LogP contribution is 2.39. The van der Waals surface area contributed by atoms with Crippen LogP contribution in [0.5, 0.6) is 5.75 Å². The highest BCUT2D eigenvalue weighted by atomic mass is 19.4. The first-order valence-electron chi connectivity index (χ1n) is 5.64. The summed E-state index contributed by atoms with van der Waals surface area (Å²) in [5.74, 6) is 0.359. The van der Waals surface area contributed by atoms with Gasteiger partial charge in [0.15, 0.2) is 0 Å². The van der Waals surface area contributed by atoms with Crippen LogP contribution in [0.3, 0.4) is 0 Å². The molecule has 2 aliphatic rings. The molecular weight excluding hydrogens is 231 g/mol. The fourth-order valence-electron chi connectivity index (χ4n) is 2.06. The molecule has 0 amide bonds. The van der Waals surface area contributed by atoms with Gasteiger partial charge in [0.2, 0.25) is 0 Å². The zero-order valence-corrected chi connectivity index (χ0v) is 9.05. The van der Waals surface area contributed by atoms with Crippen molar-refractivity contribution in [2.75, 3.05) is 6.61 Å². The van der Waals surface area contributed by atoms with Crippen LogP contribution in [-0.2, 0) is 6.18 Å². The minimum absolute atomic E-state index is 0.0415. The number of rotatable bonds is 2. The minimum Gasteiger partial charge on any atom is -0.491 e. The number of alkyl halides is 3. The number of nitrogens with one attached hydrogen (secondary N) is 1. The van der Waals surface area contributed by atoms with Gasteiger partial charge in [0.25, 0.3) is 0 Å². The number of benzene rings is 1. The molecule has 0 spiro atoms. The quantitative estimate of drug-likeness (QED) is 0.862. The number of hydrogen-bond donors (Lipinski definition) is 1. The molecule has 92 valence electrons. The summed E-state index contributed by atoms with van der Waals surface area (Å²) >= 11 is 0. The molecule has 1 atom stereocenters. The van der Waals surface area contributed by atoms with E-state index in [0.717, 1.165) is 30.5 Å². The predicted octanol–water partition coefficient (Wildman–Crippen LogP) is 2.89. The summed E-state index contributed by atoms with van der Waals surface area (Å²) in [7, 11) is 0. The second-order valence-electron chi connectivity index (χ2n) is 4.55. The first kappa shape index (κ1) is 10.9. The van der Waals surface area contributed by atoms with Crippen LogP contribution in [0.2, 0.25) is 0 Å². The highest BCUT2D eigenvalue weighted by Gasteiger charge is 2.35. The lowest BCUT2D eigenvalue weighted by Gasteiger charge is -2.11. The van der Waals surface area contributed by atoms with Crippen LogP contribution >= 0.6 is 0 Å². The van der Waals surface area contributed by atoms with Crippen LogP contribution in [-0.4, -0.2) is 12.6 Å². The van der Waals surface area contributed by atoms with Crippen molar-refractivity contribution in [2.45, 2.75) is 31.1 Å². The average Bonchev–Trinajstić information content (AvgIpc) is 2.98. The van der Waals surface area contributed by atoms with Gasteiger partial charge in [-0.25, -0.2) is 0 Å². The Labute approximate surface area is 96.8 Å². The maximum Gasteiger partial charge on any atom is 0.416 e. The molecule has 17 heavy (non-hydrogen) atoms. The summed E-state index contributed by atoms with van der Waals surface area (Å²) in [5.41, 5.74) is 0.188. The molecule has 5 heteroatoms. The van der Waals surface area contributed by atoms with Crippen LogP contribution < -0.4 is 10.1 Å². The Morgan fingerprint density at radius 1 is 1.24 bits per heavy atom. The first-order valence-corrected chi connectivity index (χ1v) is 5.64. The molecule has 1 fully saturated rings. The van der Waals surface area contributed by atoms with E-state index in [9.17, 15) is 13.2 Å². The Morgan fingerprint density at radius 3 is 2.65 bits per heavy atom. The van der Waals surface area contributed by atoms with E-state index in [0.29, 0.717) is 18.4 Å². The number of halogens is 3. The van der Waals surface area contributed by atoms with Crippen molar-refractivity contribution in [3.8, 4) is 5.75 Å². The molecule has 1 N–H and O–H groups in total. The average molecular weight is 243 g/mol. The van der Waals surface area contributed by atoms with Gasteiger partial charge < -0.3 is 10.1 Å². The maximum absolute atomic E-state index is 12.5. The molecule has 0 bridgehead atoms. The largest absolute Gasteiger partial charge is 0.491 e. The number of ether oxygens (including phenoxy) is 1. The van der Waals surface area contributed by atoms with Crippen molar-refractivity contribution in [2.24, 2.45) is 0 Å². The third kappa shape index (κ3) is 2.11. The standard InChI is InChI=1S/C12H12F3NO/c13-12(14,15)7-1-4-9-10(16-8-2-3-8)6-17-11(9)5-7/h1,4-5,8,10,16H,2-3,6H2/t10-/m0/s1. The van der Waals surface area contributed by atoms with E-state index in [1.54, 1.807) is 0 Å². The molecular formula is C12H12F3NO. The summed E-state index contributed by atoms with van der Waals surface area (Å²) in [6.07, 6.45) is -2.01. The zero-order valence-electron chi connectivity index (χ0n) is 9.05. The Kier molecular flexibility index (Phi) is 2.33. The van der Waals surface area contributed by atoms with E-state index in [2.05, 4.69) is 5.32 Å². The Balaban J connectivity index is 1.85. The Hall–Kier alpha value is -1.23. The van der Waals surface area contributed by atoms with Crippen LogP contribution in [0.4, 0.5) is 13.2 Å². The summed E-state index contributed by atoms with van der Waals surface area (Å²) in [6, 6.07) is 4.28. The lowest BCUT2D eigenvalue weighted by Crippen LogP contribution is -2.24. The van der Waals surface area contributed by atoms with Crippen molar-refractivity contribution in [1.29, 1.82) is 0 Å². The Morgan fingerprint density at radius 2 is 2.00 bits per heavy atom. The van der Waals surface area contributed by atoms with Crippen LogP contribution in [0.1, 0.15) is 30.0 Å². The normalized spacial score (nSPS) is 23.4. The second-order valence-corrected chi connectivity index (χ2v) is 4.55. The Bertz CT molecular complexity index is 440. The van der Waals surface area contributed by atoms with Crippen molar-refractivity contribution >= 4 is 0 Å². The summed E-state index contributed by atoms with van der Waals surface area (Å²) in [4.78, 5) is 0. The van der Waals surface area contributed by atoms with Gasteiger partial charge in [-0.05, 0) is 25.0 Å². The van der Waals surface area contributed by atoms with Crippen molar-refractivity contribution < 1.29 is 17.9 Å². The van der Waals surface area contributed by atoms with Gasteiger partial charge in [0, 0.05) is 11.6 Å². The summed E-state index contributed by atoms with van der Waals surface area (Å²) < 4.78 is 42.8. The fraction of sp³-hybridized carbons (Fsp3) is 0.500. The van der Waals surface area contributed by atoms with Gasteiger partial charge in [-0.1, -0.05) is 6.07 Å². The predicted molar refractivity (Wildman–Crippen MR) is 55.8 cm³/mol. The first-order chi connectivity index (χ1) is 8.04. The van der Waals surface area contributed by atoms with E-state index in [1.807, 2.05) is 0 Å². The van der Waals surface area contributed by atoms with E-state index >= 15 is 0 Å². The van der Waals surface area contributed by atoms with Gasteiger partial charge in [-0.3, -0.25) is 0 Å². The third-order valence-corrected chi connectivity index (χ3v) is 3.14. The summed E-state index contributed by atoms with van der Waals surface area (Å²) in [6.45, 7) is 0.424. The van der Waals surface area contributed by atoms with Crippen molar-refractivity contribution in [1.82, 2.24) is 5.32 Å². The van der Waals surface area contributed by atoms with Crippen LogP contribution in [0.25, 0.3) is 0 Å². The molecule has 1 saturated carbocycles. The lowest BCUT2D eigenvalue weighted by atomic mass is 10.1. The monoisotopic (exact) mass is 243 g/mol. The second kappa shape index (κ2) is 3.63. The van der Waals surface area contributed by atoms with Gasteiger partial charge in [-0.15, -0.1) is 0 Å². The molecule has 0 aromatic heterocycles.